The van der Waals surface area contributed by atoms with E-state index < -0.39 is 0 Å². The lowest BCUT2D eigenvalue weighted by atomic mass is 10.1. The van der Waals surface area contributed by atoms with Crippen molar-refractivity contribution in [3.05, 3.63) is 44.7 Å². The molecule has 2 atom stereocenters. The Morgan fingerprint density at radius 2 is 2.11 bits per heavy atom. The first-order chi connectivity index (χ1) is 13.4. The minimum atomic E-state index is -0.208. The molecule has 8 heteroatoms. The highest BCUT2D eigenvalue weighted by molar-refractivity contribution is 7.22. The van der Waals surface area contributed by atoms with Crippen molar-refractivity contribution < 1.29 is 9.53 Å². The molecule has 0 radical (unpaired) electrons. The third-order valence-electron chi connectivity index (χ3n) is 4.72. The Bertz CT molecular complexity index is 1010. The summed E-state index contributed by atoms with van der Waals surface area (Å²) in [6.45, 7) is 8.72. The lowest BCUT2D eigenvalue weighted by Gasteiger charge is -2.34. The van der Waals surface area contributed by atoms with Crippen molar-refractivity contribution in [3.8, 4) is 0 Å². The van der Waals surface area contributed by atoms with Gasteiger partial charge in [-0.15, -0.1) is 22.7 Å². The van der Waals surface area contributed by atoms with Gasteiger partial charge < -0.3 is 4.74 Å². The second-order valence-electron chi connectivity index (χ2n) is 7.24. The summed E-state index contributed by atoms with van der Waals surface area (Å²) in [5.41, 5.74) is 2.03. The number of nitrogens with one attached hydrogen (secondary N) is 1. The fraction of sp³-hybridized carbons (Fsp3) is 0.400. The standard InChI is InChI=1S/C20H22ClN3O2S2/c1-11-5-4-6-15-16(11)17(21)18(28-15)19(25)23-20-22-14(10-27-20)9-24-7-12(2)26-13(3)8-24/h4-6,10,12-13H,7-9H2,1-3H3,(H,22,23,25)/t12-,13-/m1/s1. The zero-order valence-electron chi connectivity index (χ0n) is 16.0. The molecule has 3 aromatic rings. The van der Waals surface area contributed by atoms with Crippen molar-refractivity contribution in [2.45, 2.75) is 39.5 Å². The molecule has 2 aromatic heterocycles. The topological polar surface area (TPSA) is 54.5 Å². The molecule has 5 nitrogen and oxygen atoms in total. The number of aromatic nitrogens is 1. The van der Waals surface area contributed by atoms with Crippen LogP contribution in [-0.4, -0.2) is 41.1 Å². The van der Waals surface area contributed by atoms with E-state index in [9.17, 15) is 4.79 Å². The molecule has 0 spiro atoms. The van der Waals surface area contributed by atoms with Crippen LogP contribution >= 0.6 is 34.3 Å². The normalized spacial score (nSPS) is 20.6. The molecule has 4 rings (SSSR count). The number of benzene rings is 1. The molecule has 1 aliphatic heterocycles. The van der Waals surface area contributed by atoms with Gasteiger partial charge in [0.05, 0.1) is 22.9 Å². The predicted octanol–water partition coefficient (Wildman–Crippen LogP) is 5.18. The Hall–Kier alpha value is -1.51. The minimum Gasteiger partial charge on any atom is -0.373 e. The number of ether oxygens (including phenoxy) is 1. The number of anilines is 1. The number of hydrogen-bond donors (Lipinski definition) is 1. The highest BCUT2D eigenvalue weighted by atomic mass is 35.5. The molecule has 1 N–H and O–H groups in total. The molecule has 1 aliphatic rings. The minimum absolute atomic E-state index is 0.208. The fourth-order valence-corrected chi connectivity index (χ4v) is 5.93. The number of rotatable bonds is 4. The lowest BCUT2D eigenvalue weighted by Crippen LogP contribution is -2.44. The summed E-state index contributed by atoms with van der Waals surface area (Å²) in [5, 5.41) is 6.97. The molecule has 0 unspecified atom stereocenters. The summed E-state index contributed by atoms with van der Waals surface area (Å²) in [4.78, 5) is 20.2. The van der Waals surface area contributed by atoms with Crippen molar-refractivity contribution in [3.63, 3.8) is 0 Å². The highest BCUT2D eigenvalue weighted by Crippen LogP contribution is 2.37. The van der Waals surface area contributed by atoms with Gasteiger partial charge in [-0.25, -0.2) is 4.98 Å². The number of fused-ring (bicyclic) bond motifs is 1. The number of thiophene rings is 1. The van der Waals surface area contributed by atoms with E-state index in [4.69, 9.17) is 16.3 Å². The average Bonchev–Trinajstić information content (AvgIpc) is 3.19. The lowest BCUT2D eigenvalue weighted by molar-refractivity contribution is -0.0707. The van der Waals surface area contributed by atoms with Crippen LogP contribution in [-0.2, 0) is 11.3 Å². The van der Waals surface area contributed by atoms with Crippen molar-refractivity contribution in [1.82, 2.24) is 9.88 Å². The van der Waals surface area contributed by atoms with E-state index in [-0.39, 0.29) is 18.1 Å². The van der Waals surface area contributed by atoms with Gasteiger partial charge in [0.15, 0.2) is 5.13 Å². The summed E-state index contributed by atoms with van der Waals surface area (Å²) in [5.74, 6) is -0.208. The number of hydrogen-bond acceptors (Lipinski definition) is 6. The highest BCUT2D eigenvalue weighted by Gasteiger charge is 2.23. The van der Waals surface area contributed by atoms with Gasteiger partial charge in [-0.1, -0.05) is 23.7 Å². The molecule has 0 bridgehead atoms. The second kappa shape index (κ2) is 8.08. The first-order valence-electron chi connectivity index (χ1n) is 9.22. The monoisotopic (exact) mass is 435 g/mol. The number of nitrogens with zero attached hydrogens (tertiary/aromatic N) is 2. The number of aryl methyl sites for hydroxylation is 1. The van der Waals surface area contributed by atoms with Crippen molar-refractivity contribution >= 4 is 55.4 Å². The van der Waals surface area contributed by atoms with Gasteiger partial charge in [0.2, 0.25) is 0 Å². The van der Waals surface area contributed by atoms with E-state index in [0.29, 0.717) is 15.0 Å². The molecule has 1 saturated heterocycles. The van der Waals surface area contributed by atoms with Crippen molar-refractivity contribution in [2.24, 2.45) is 0 Å². The summed E-state index contributed by atoms with van der Waals surface area (Å²) in [6.07, 6.45) is 0.445. The molecule has 1 aromatic carbocycles. The van der Waals surface area contributed by atoms with Gasteiger partial charge in [-0.2, -0.15) is 0 Å². The summed E-state index contributed by atoms with van der Waals surface area (Å²) < 4.78 is 6.80. The molecule has 3 heterocycles. The van der Waals surface area contributed by atoms with E-state index in [1.165, 1.54) is 22.7 Å². The number of morpholine rings is 1. The Labute approximate surface area is 177 Å². The molecule has 148 valence electrons. The van der Waals surface area contributed by atoms with Crippen LogP contribution in [0.4, 0.5) is 5.13 Å². The SMILES string of the molecule is Cc1cccc2sc(C(=O)Nc3nc(CN4C[C@@H](C)O[C@H](C)C4)cs3)c(Cl)c12. The maximum absolute atomic E-state index is 12.8. The third-order valence-corrected chi connectivity index (χ3v) is 7.18. The van der Waals surface area contributed by atoms with E-state index in [2.05, 4.69) is 29.0 Å². The largest absolute Gasteiger partial charge is 0.373 e. The van der Waals surface area contributed by atoms with Gasteiger partial charge in [0.1, 0.15) is 4.88 Å². The fourth-order valence-electron chi connectivity index (χ4n) is 3.65. The Morgan fingerprint density at radius 1 is 1.36 bits per heavy atom. The van der Waals surface area contributed by atoms with Gasteiger partial charge in [0.25, 0.3) is 5.91 Å². The van der Waals surface area contributed by atoms with Gasteiger partial charge >= 0.3 is 0 Å². The zero-order valence-corrected chi connectivity index (χ0v) is 18.4. The van der Waals surface area contributed by atoms with E-state index in [1.54, 1.807) is 0 Å². The van der Waals surface area contributed by atoms with Crippen molar-refractivity contribution in [1.29, 1.82) is 0 Å². The number of thiazole rings is 1. The third kappa shape index (κ3) is 4.09. The molecular formula is C20H22ClN3O2S2. The molecule has 28 heavy (non-hydrogen) atoms. The predicted molar refractivity (Wildman–Crippen MR) is 117 cm³/mol. The number of amides is 1. The molecular weight excluding hydrogens is 414 g/mol. The maximum Gasteiger partial charge on any atom is 0.269 e. The van der Waals surface area contributed by atoms with Gasteiger partial charge in [-0.05, 0) is 32.4 Å². The van der Waals surface area contributed by atoms with Gasteiger partial charge in [-0.3, -0.25) is 15.0 Å². The number of carbonyl (C=O) groups is 1. The van der Waals surface area contributed by atoms with Crippen LogP contribution in [0.5, 0.6) is 0 Å². The van der Waals surface area contributed by atoms with Crippen LogP contribution < -0.4 is 5.32 Å². The molecule has 0 saturated carbocycles. The van der Waals surface area contributed by atoms with Crippen LogP contribution in [0.2, 0.25) is 5.02 Å². The summed E-state index contributed by atoms with van der Waals surface area (Å²) in [7, 11) is 0. The Balaban J connectivity index is 1.46. The van der Waals surface area contributed by atoms with Crippen molar-refractivity contribution in [2.75, 3.05) is 18.4 Å². The smallest absolute Gasteiger partial charge is 0.269 e. The van der Waals surface area contributed by atoms with E-state index in [1.807, 2.05) is 30.5 Å². The summed E-state index contributed by atoms with van der Waals surface area (Å²) in [6, 6.07) is 5.97. The quantitative estimate of drug-likeness (QED) is 0.613. The van der Waals surface area contributed by atoms with Crippen LogP contribution in [0.25, 0.3) is 10.1 Å². The van der Waals surface area contributed by atoms with Crippen LogP contribution in [0, 0.1) is 6.92 Å². The number of carbonyl (C=O) groups excluding carboxylic acids is 1. The zero-order chi connectivity index (χ0) is 19.8. The first kappa shape index (κ1) is 19.8. The van der Waals surface area contributed by atoms with E-state index in [0.717, 1.165) is 41.0 Å². The molecule has 0 aliphatic carbocycles. The van der Waals surface area contributed by atoms with Gasteiger partial charge in [0, 0.05) is 35.1 Å². The first-order valence-corrected chi connectivity index (χ1v) is 11.3. The maximum atomic E-state index is 12.8. The average molecular weight is 436 g/mol. The molecule has 1 amide bonds. The second-order valence-corrected chi connectivity index (χ2v) is 9.53. The Morgan fingerprint density at radius 3 is 2.82 bits per heavy atom. The Kier molecular flexibility index (Phi) is 5.71. The summed E-state index contributed by atoms with van der Waals surface area (Å²) >= 11 is 9.35. The molecule has 1 fully saturated rings. The number of halogens is 1. The van der Waals surface area contributed by atoms with E-state index >= 15 is 0 Å². The van der Waals surface area contributed by atoms with Crippen LogP contribution in [0.15, 0.2) is 23.6 Å². The van der Waals surface area contributed by atoms with Crippen LogP contribution in [0.1, 0.15) is 34.8 Å². The van der Waals surface area contributed by atoms with Crippen LogP contribution in [0.3, 0.4) is 0 Å².